The van der Waals surface area contributed by atoms with Crippen molar-refractivity contribution >= 4 is 11.8 Å². The standard InChI is InChI=1S/C14H27NS/c1-3-12-6-7-13(10-12)15-11-14(16-2)8-4-5-9-14/h12-13,15H,3-11H2,1-2H3. The molecule has 0 saturated heterocycles. The second-order valence-electron chi connectivity index (χ2n) is 5.76. The van der Waals surface area contributed by atoms with Crippen LogP contribution in [0.2, 0.25) is 0 Å². The number of hydrogen-bond acceptors (Lipinski definition) is 2. The van der Waals surface area contributed by atoms with Gasteiger partial charge in [0.05, 0.1) is 0 Å². The van der Waals surface area contributed by atoms with Crippen molar-refractivity contribution in [1.29, 1.82) is 0 Å². The van der Waals surface area contributed by atoms with Gasteiger partial charge in [0.1, 0.15) is 0 Å². The Hall–Kier alpha value is 0.310. The molecule has 2 fully saturated rings. The normalized spacial score (nSPS) is 33.4. The lowest BCUT2D eigenvalue weighted by Crippen LogP contribution is -2.39. The second kappa shape index (κ2) is 5.77. The van der Waals surface area contributed by atoms with Crippen LogP contribution in [0.4, 0.5) is 0 Å². The fourth-order valence-corrected chi connectivity index (χ4v) is 4.36. The van der Waals surface area contributed by atoms with Gasteiger partial charge in [-0.05, 0) is 44.3 Å². The fraction of sp³-hybridized carbons (Fsp3) is 1.00. The molecule has 0 amide bonds. The Balaban J connectivity index is 1.74. The summed E-state index contributed by atoms with van der Waals surface area (Å²) in [4.78, 5) is 0. The van der Waals surface area contributed by atoms with Gasteiger partial charge in [0.25, 0.3) is 0 Å². The molecule has 0 aromatic carbocycles. The summed E-state index contributed by atoms with van der Waals surface area (Å²) in [5, 5.41) is 3.86. The van der Waals surface area contributed by atoms with Gasteiger partial charge >= 0.3 is 0 Å². The molecular formula is C14H27NS. The minimum absolute atomic E-state index is 0.588. The van der Waals surface area contributed by atoms with Crippen LogP contribution in [0.3, 0.4) is 0 Å². The Bertz CT molecular complexity index is 211. The topological polar surface area (TPSA) is 12.0 Å². The summed E-state index contributed by atoms with van der Waals surface area (Å²) in [5.74, 6) is 1.01. The molecule has 0 heterocycles. The van der Waals surface area contributed by atoms with E-state index in [-0.39, 0.29) is 0 Å². The molecule has 1 N–H and O–H groups in total. The highest BCUT2D eigenvalue weighted by atomic mass is 32.2. The third-order valence-corrected chi connectivity index (χ3v) is 6.20. The van der Waals surface area contributed by atoms with E-state index >= 15 is 0 Å². The first-order valence-corrected chi connectivity index (χ1v) is 8.29. The van der Waals surface area contributed by atoms with Crippen molar-refractivity contribution in [3.63, 3.8) is 0 Å². The number of rotatable bonds is 5. The van der Waals surface area contributed by atoms with Gasteiger partial charge in [-0.1, -0.05) is 26.2 Å². The Morgan fingerprint density at radius 2 is 2.00 bits per heavy atom. The molecule has 0 radical (unpaired) electrons. The molecule has 2 aliphatic rings. The molecule has 94 valence electrons. The maximum absolute atomic E-state index is 3.86. The first kappa shape index (κ1) is 12.8. The van der Waals surface area contributed by atoms with Crippen LogP contribution in [0.15, 0.2) is 0 Å². The van der Waals surface area contributed by atoms with Gasteiger partial charge in [0.15, 0.2) is 0 Å². The highest BCUT2D eigenvalue weighted by Crippen LogP contribution is 2.40. The lowest BCUT2D eigenvalue weighted by molar-refractivity contribution is 0.442. The second-order valence-corrected chi connectivity index (χ2v) is 7.03. The summed E-state index contributed by atoms with van der Waals surface area (Å²) >= 11 is 2.11. The SMILES string of the molecule is CCC1CCC(NCC2(SC)CCCC2)C1. The van der Waals surface area contributed by atoms with E-state index in [0.717, 1.165) is 12.0 Å². The summed E-state index contributed by atoms with van der Waals surface area (Å²) in [7, 11) is 0. The monoisotopic (exact) mass is 241 g/mol. The van der Waals surface area contributed by atoms with Crippen LogP contribution in [0, 0.1) is 5.92 Å². The molecule has 2 unspecified atom stereocenters. The molecule has 0 aliphatic heterocycles. The molecule has 0 spiro atoms. The predicted octanol–water partition coefficient (Wildman–Crippen LogP) is 3.83. The van der Waals surface area contributed by atoms with Crippen LogP contribution >= 0.6 is 11.8 Å². The molecule has 2 saturated carbocycles. The zero-order valence-corrected chi connectivity index (χ0v) is 11.7. The Kier molecular flexibility index (Phi) is 4.60. The highest BCUT2D eigenvalue weighted by Gasteiger charge is 2.34. The molecule has 0 aromatic heterocycles. The maximum atomic E-state index is 3.86. The summed E-state index contributed by atoms with van der Waals surface area (Å²) in [5.41, 5.74) is 0. The number of nitrogens with one attached hydrogen (secondary N) is 1. The zero-order chi connectivity index (χ0) is 11.4. The van der Waals surface area contributed by atoms with Crippen molar-refractivity contribution in [2.45, 2.75) is 69.1 Å². The molecule has 2 heteroatoms. The minimum atomic E-state index is 0.588. The van der Waals surface area contributed by atoms with Gasteiger partial charge in [0, 0.05) is 17.3 Å². The molecular weight excluding hydrogens is 214 g/mol. The van der Waals surface area contributed by atoms with Crippen LogP contribution < -0.4 is 5.32 Å². The first-order valence-electron chi connectivity index (χ1n) is 7.06. The Morgan fingerprint density at radius 1 is 1.25 bits per heavy atom. The van der Waals surface area contributed by atoms with Crippen LogP contribution in [-0.2, 0) is 0 Å². The lowest BCUT2D eigenvalue weighted by atomic mass is 10.0. The third-order valence-electron chi connectivity index (χ3n) is 4.78. The van der Waals surface area contributed by atoms with E-state index in [1.165, 1.54) is 57.9 Å². The average Bonchev–Trinajstić information content (AvgIpc) is 2.96. The lowest BCUT2D eigenvalue weighted by Gasteiger charge is -2.29. The van der Waals surface area contributed by atoms with Gasteiger partial charge < -0.3 is 5.32 Å². The molecule has 2 aliphatic carbocycles. The Morgan fingerprint density at radius 3 is 2.56 bits per heavy atom. The van der Waals surface area contributed by atoms with E-state index in [9.17, 15) is 0 Å². The van der Waals surface area contributed by atoms with E-state index in [1.54, 1.807) is 0 Å². The van der Waals surface area contributed by atoms with Crippen molar-refractivity contribution in [3.8, 4) is 0 Å². The maximum Gasteiger partial charge on any atom is 0.0281 e. The number of thioether (sulfide) groups is 1. The van der Waals surface area contributed by atoms with Gasteiger partial charge in [-0.3, -0.25) is 0 Å². The van der Waals surface area contributed by atoms with Crippen molar-refractivity contribution in [2.24, 2.45) is 5.92 Å². The van der Waals surface area contributed by atoms with E-state index in [1.807, 2.05) is 0 Å². The van der Waals surface area contributed by atoms with Gasteiger partial charge in [-0.25, -0.2) is 0 Å². The van der Waals surface area contributed by atoms with Crippen LogP contribution in [0.25, 0.3) is 0 Å². The minimum Gasteiger partial charge on any atom is -0.313 e. The Labute approximate surface area is 105 Å². The van der Waals surface area contributed by atoms with E-state index in [0.29, 0.717) is 4.75 Å². The van der Waals surface area contributed by atoms with E-state index < -0.39 is 0 Å². The first-order chi connectivity index (χ1) is 7.78. The van der Waals surface area contributed by atoms with Gasteiger partial charge in [-0.15, -0.1) is 0 Å². The fourth-order valence-electron chi connectivity index (χ4n) is 3.43. The number of hydrogen-bond donors (Lipinski definition) is 1. The van der Waals surface area contributed by atoms with E-state index in [2.05, 4.69) is 30.3 Å². The summed E-state index contributed by atoms with van der Waals surface area (Å²) < 4.78 is 0.588. The van der Waals surface area contributed by atoms with Crippen LogP contribution in [-0.4, -0.2) is 23.6 Å². The summed E-state index contributed by atoms with van der Waals surface area (Å²) in [6, 6.07) is 0.828. The van der Waals surface area contributed by atoms with Crippen molar-refractivity contribution in [2.75, 3.05) is 12.8 Å². The smallest absolute Gasteiger partial charge is 0.0281 e. The van der Waals surface area contributed by atoms with Gasteiger partial charge in [0.2, 0.25) is 0 Å². The molecule has 16 heavy (non-hydrogen) atoms. The summed E-state index contributed by atoms with van der Waals surface area (Å²) in [6.07, 6.45) is 13.8. The molecule has 2 atom stereocenters. The predicted molar refractivity (Wildman–Crippen MR) is 74.1 cm³/mol. The van der Waals surface area contributed by atoms with Crippen LogP contribution in [0.5, 0.6) is 0 Å². The highest BCUT2D eigenvalue weighted by molar-refractivity contribution is 8.00. The third kappa shape index (κ3) is 2.95. The quantitative estimate of drug-likeness (QED) is 0.785. The molecule has 1 nitrogen and oxygen atoms in total. The van der Waals surface area contributed by atoms with Crippen molar-refractivity contribution in [3.05, 3.63) is 0 Å². The van der Waals surface area contributed by atoms with Crippen molar-refractivity contribution in [1.82, 2.24) is 5.32 Å². The largest absolute Gasteiger partial charge is 0.313 e. The van der Waals surface area contributed by atoms with Crippen LogP contribution in [0.1, 0.15) is 58.3 Å². The van der Waals surface area contributed by atoms with Gasteiger partial charge in [-0.2, -0.15) is 11.8 Å². The van der Waals surface area contributed by atoms with Crippen molar-refractivity contribution < 1.29 is 0 Å². The average molecular weight is 241 g/mol. The zero-order valence-electron chi connectivity index (χ0n) is 10.9. The molecule has 2 rings (SSSR count). The molecule has 0 bridgehead atoms. The molecule has 0 aromatic rings. The summed E-state index contributed by atoms with van der Waals surface area (Å²) in [6.45, 7) is 3.60. The van der Waals surface area contributed by atoms with E-state index in [4.69, 9.17) is 0 Å².